The topological polar surface area (TPSA) is 101 Å². The summed E-state index contributed by atoms with van der Waals surface area (Å²) in [6, 6.07) is 12.5. The Bertz CT molecular complexity index is 1180. The lowest BCUT2D eigenvalue weighted by atomic mass is 10.2. The van der Waals surface area contributed by atoms with Crippen molar-refractivity contribution >= 4 is 27.3 Å². The Morgan fingerprint density at radius 1 is 0.974 bits per heavy atom. The van der Waals surface area contributed by atoms with Crippen molar-refractivity contribution in [3.63, 3.8) is 0 Å². The number of nitrogens with one attached hydrogen (secondary N) is 1. The summed E-state index contributed by atoms with van der Waals surface area (Å²) in [5.41, 5.74) is 1.34. The standard InChI is InChI=1S/C27H38N4O6S/c1-3-36-25-7-4-5-8-26(25)37-18-6-9-27(32)28-23-21-22(38(33,34)31-16-19-35-20-17-31)10-11-24(23)30-14-12-29(2)13-15-30/h4-5,7-8,10-11,21H,3,6,9,12-20H2,1-2H3,(H,28,32). The molecule has 2 aromatic rings. The number of carbonyl (C=O) groups excluding carboxylic acids is 1. The highest BCUT2D eigenvalue weighted by Gasteiger charge is 2.28. The van der Waals surface area contributed by atoms with Crippen LogP contribution in [-0.2, 0) is 19.6 Å². The monoisotopic (exact) mass is 546 g/mol. The summed E-state index contributed by atoms with van der Waals surface area (Å²) >= 11 is 0. The summed E-state index contributed by atoms with van der Waals surface area (Å²) in [6.07, 6.45) is 0.737. The van der Waals surface area contributed by atoms with Crippen LogP contribution in [0.25, 0.3) is 0 Å². The number of morpholine rings is 1. The molecule has 0 atom stereocenters. The van der Waals surface area contributed by atoms with Crippen LogP contribution < -0.4 is 19.7 Å². The Morgan fingerprint density at radius 2 is 1.66 bits per heavy atom. The molecule has 2 aliphatic heterocycles. The third kappa shape index (κ3) is 7.16. The average Bonchev–Trinajstić information content (AvgIpc) is 2.93. The number of carbonyl (C=O) groups is 1. The molecule has 2 aliphatic rings. The maximum absolute atomic E-state index is 13.3. The van der Waals surface area contributed by atoms with Gasteiger partial charge in [0.2, 0.25) is 15.9 Å². The van der Waals surface area contributed by atoms with Crippen molar-refractivity contribution < 1.29 is 27.4 Å². The number of hydrogen-bond acceptors (Lipinski definition) is 8. The number of rotatable bonds is 11. The molecule has 11 heteroatoms. The van der Waals surface area contributed by atoms with E-state index >= 15 is 0 Å². The molecule has 10 nitrogen and oxygen atoms in total. The van der Waals surface area contributed by atoms with Crippen molar-refractivity contribution in [1.82, 2.24) is 9.21 Å². The molecule has 2 fully saturated rings. The molecular weight excluding hydrogens is 508 g/mol. The van der Waals surface area contributed by atoms with Gasteiger partial charge in [-0.1, -0.05) is 12.1 Å². The smallest absolute Gasteiger partial charge is 0.243 e. The highest BCUT2D eigenvalue weighted by molar-refractivity contribution is 7.89. The van der Waals surface area contributed by atoms with Crippen molar-refractivity contribution in [1.29, 1.82) is 0 Å². The van der Waals surface area contributed by atoms with Crippen molar-refractivity contribution in [2.45, 2.75) is 24.7 Å². The number of ether oxygens (including phenoxy) is 3. The van der Waals surface area contributed by atoms with E-state index < -0.39 is 10.0 Å². The van der Waals surface area contributed by atoms with Gasteiger partial charge in [-0.15, -0.1) is 0 Å². The largest absolute Gasteiger partial charge is 0.490 e. The maximum atomic E-state index is 13.3. The first-order valence-electron chi connectivity index (χ1n) is 13.2. The van der Waals surface area contributed by atoms with Crippen LogP contribution in [0, 0.1) is 0 Å². The van der Waals surface area contributed by atoms with E-state index in [1.807, 2.05) is 37.3 Å². The van der Waals surface area contributed by atoms with Gasteiger partial charge in [-0.2, -0.15) is 4.31 Å². The van der Waals surface area contributed by atoms with E-state index in [-0.39, 0.29) is 17.2 Å². The van der Waals surface area contributed by atoms with E-state index in [0.29, 0.717) is 63.1 Å². The maximum Gasteiger partial charge on any atom is 0.243 e. The third-order valence-electron chi connectivity index (χ3n) is 6.65. The molecule has 38 heavy (non-hydrogen) atoms. The van der Waals surface area contributed by atoms with Crippen molar-refractivity contribution in [3.8, 4) is 11.5 Å². The van der Waals surface area contributed by atoms with Gasteiger partial charge in [0.25, 0.3) is 0 Å². The summed E-state index contributed by atoms with van der Waals surface area (Å²) < 4.78 is 44.7. The molecule has 0 bridgehead atoms. The van der Waals surface area contributed by atoms with Crippen LogP contribution in [0.5, 0.6) is 11.5 Å². The minimum Gasteiger partial charge on any atom is -0.490 e. The molecule has 4 rings (SSSR count). The van der Waals surface area contributed by atoms with Gasteiger partial charge in [-0.3, -0.25) is 4.79 Å². The lowest BCUT2D eigenvalue weighted by molar-refractivity contribution is -0.116. The lowest BCUT2D eigenvalue weighted by Crippen LogP contribution is -2.44. The molecule has 2 saturated heterocycles. The first-order chi connectivity index (χ1) is 18.4. The Hall–Kier alpha value is -2.86. The summed E-state index contributed by atoms with van der Waals surface area (Å²) in [5, 5.41) is 2.98. The minimum atomic E-state index is -3.69. The second kappa shape index (κ2) is 13.3. The van der Waals surface area contributed by atoms with Crippen molar-refractivity contribution in [3.05, 3.63) is 42.5 Å². The minimum absolute atomic E-state index is 0.170. The zero-order chi connectivity index (χ0) is 27.0. The average molecular weight is 547 g/mol. The molecule has 0 saturated carbocycles. The first-order valence-corrected chi connectivity index (χ1v) is 14.6. The number of sulfonamides is 1. The second-order valence-corrected chi connectivity index (χ2v) is 11.3. The molecule has 1 N–H and O–H groups in total. The fourth-order valence-corrected chi connectivity index (χ4v) is 5.94. The summed E-state index contributed by atoms with van der Waals surface area (Å²) in [6.45, 7) is 7.56. The number of nitrogens with zero attached hydrogens (tertiary/aromatic N) is 3. The van der Waals surface area contributed by atoms with Crippen LogP contribution >= 0.6 is 0 Å². The van der Waals surface area contributed by atoms with E-state index in [9.17, 15) is 13.2 Å². The van der Waals surface area contributed by atoms with Crippen LogP contribution in [0.2, 0.25) is 0 Å². The number of hydrogen-bond donors (Lipinski definition) is 1. The van der Waals surface area contributed by atoms with E-state index in [0.717, 1.165) is 31.9 Å². The number of likely N-dealkylation sites (N-methyl/N-ethyl adjacent to an activating group) is 1. The second-order valence-electron chi connectivity index (χ2n) is 9.37. The van der Waals surface area contributed by atoms with Gasteiger partial charge in [0.05, 0.1) is 42.7 Å². The Morgan fingerprint density at radius 3 is 2.34 bits per heavy atom. The number of piperazine rings is 1. The summed E-state index contributed by atoms with van der Waals surface area (Å²) in [4.78, 5) is 17.6. The van der Waals surface area contributed by atoms with Crippen molar-refractivity contribution in [2.24, 2.45) is 0 Å². The van der Waals surface area contributed by atoms with Crippen LogP contribution in [0.4, 0.5) is 11.4 Å². The van der Waals surface area contributed by atoms with Crippen LogP contribution in [0.3, 0.4) is 0 Å². The van der Waals surface area contributed by atoms with Crippen LogP contribution in [0.1, 0.15) is 19.8 Å². The number of benzene rings is 2. The highest BCUT2D eigenvalue weighted by Crippen LogP contribution is 2.32. The number of anilines is 2. The van der Waals surface area contributed by atoms with Crippen molar-refractivity contribution in [2.75, 3.05) is 83.0 Å². The molecular formula is C27H38N4O6S. The zero-order valence-electron chi connectivity index (χ0n) is 22.2. The summed E-state index contributed by atoms with van der Waals surface area (Å²) in [5.74, 6) is 1.13. The van der Waals surface area contributed by atoms with Gasteiger partial charge < -0.3 is 29.3 Å². The first kappa shape index (κ1) is 28.2. The van der Waals surface area contributed by atoms with E-state index in [4.69, 9.17) is 14.2 Å². The zero-order valence-corrected chi connectivity index (χ0v) is 23.0. The number of amides is 1. The van der Waals surface area contributed by atoms with Gasteiger partial charge in [0.15, 0.2) is 11.5 Å². The van der Waals surface area contributed by atoms with Gasteiger partial charge >= 0.3 is 0 Å². The SMILES string of the molecule is CCOc1ccccc1OCCCC(=O)Nc1cc(S(=O)(=O)N2CCOCC2)ccc1N1CCN(C)CC1. The van der Waals surface area contributed by atoms with Crippen LogP contribution in [0.15, 0.2) is 47.4 Å². The molecule has 2 heterocycles. The Kier molecular flexibility index (Phi) is 9.84. The fourth-order valence-electron chi connectivity index (χ4n) is 4.51. The predicted molar refractivity (Wildman–Crippen MR) is 147 cm³/mol. The van der Waals surface area contributed by atoms with Gasteiger partial charge in [-0.25, -0.2) is 8.42 Å². The fraction of sp³-hybridized carbons (Fsp3) is 0.519. The molecule has 208 valence electrons. The molecule has 2 aromatic carbocycles. The lowest BCUT2D eigenvalue weighted by Gasteiger charge is -2.35. The summed E-state index contributed by atoms with van der Waals surface area (Å²) in [7, 11) is -1.62. The molecule has 1 amide bonds. The van der Waals surface area contributed by atoms with Gasteiger partial charge in [0.1, 0.15) is 0 Å². The van der Waals surface area contributed by atoms with E-state index in [2.05, 4.69) is 22.2 Å². The highest BCUT2D eigenvalue weighted by atomic mass is 32.2. The molecule has 0 aliphatic carbocycles. The van der Waals surface area contributed by atoms with Crippen LogP contribution in [-0.4, -0.2) is 96.3 Å². The Labute approximate surface area is 225 Å². The van der Waals surface area contributed by atoms with Gasteiger partial charge in [0, 0.05) is 45.7 Å². The quantitative estimate of drug-likeness (QED) is 0.430. The normalized spacial score (nSPS) is 17.3. The van der Waals surface area contributed by atoms with E-state index in [1.165, 1.54) is 4.31 Å². The molecule has 0 unspecified atom stereocenters. The molecule has 0 radical (unpaired) electrons. The predicted octanol–water partition coefficient (Wildman–Crippen LogP) is 2.66. The number of para-hydroxylation sites is 2. The molecule has 0 aromatic heterocycles. The van der Waals surface area contributed by atoms with Gasteiger partial charge in [-0.05, 0) is 50.7 Å². The van der Waals surface area contributed by atoms with E-state index in [1.54, 1.807) is 12.1 Å². The Balaban J connectivity index is 1.44. The third-order valence-corrected chi connectivity index (χ3v) is 8.54. The molecule has 0 spiro atoms.